The van der Waals surface area contributed by atoms with E-state index in [0.29, 0.717) is 19.4 Å². The highest BCUT2D eigenvalue weighted by molar-refractivity contribution is 7.89. The number of sulfonamides is 1. The lowest BCUT2D eigenvalue weighted by Gasteiger charge is -2.52. The van der Waals surface area contributed by atoms with Crippen LogP contribution in [0.5, 0.6) is 0 Å². The third-order valence-corrected chi connectivity index (χ3v) is 6.75. The van der Waals surface area contributed by atoms with E-state index >= 15 is 0 Å². The Balaban J connectivity index is 1.74. The van der Waals surface area contributed by atoms with Gasteiger partial charge in [-0.25, -0.2) is 13.1 Å². The van der Waals surface area contributed by atoms with Crippen molar-refractivity contribution in [1.82, 2.24) is 4.72 Å². The third kappa shape index (κ3) is 4.32. The van der Waals surface area contributed by atoms with Gasteiger partial charge in [-0.15, -0.1) is 0 Å². The van der Waals surface area contributed by atoms with Crippen molar-refractivity contribution in [2.75, 3.05) is 6.54 Å². The van der Waals surface area contributed by atoms with Crippen LogP contribution in [0.1, 0.15) is 30.9 Å². The molecule has 6 heteroatoms. The lowest BCUT2D eigenvalue weighted by atomic mass is 9.98. The van der Waals surface area contributed by atoms with Crippen LogP contribution in [-0.2, 0) is 16.6 Å². The summed E-state index contributed by atoms with van der Waals surface area (Å²) in [6.07, 6.45) is 1.39. The van der Waals surface area contributed by atoms with Crippen LogP contribution in [0.15, 0.2) is 59.5 Å². The van der Waals surface area contributed by atoms with Crippen LogP contribution < -0.4 is 4.72 Å². The largest absolute Gasteiger partial charge is 0.632 e. The van der Waals surface area contributed by atoms with Gasteiger partial charge in [-0.2, -0.15) is 0 Å². The second kappa shape index (κ2) is 7.48. The Kier molecular flexibility index (Phi) is 5.48. The topological polar surface area (TPSA) is 69.2 Å². The Labute approximate surface area is 155 Å². The third-order valence-electron chi connectivity index (χ3n) is 5.21. The Bertz CT molecular complexity index is 837. The SMILES string of the molecule is Cc1ccc(S(=O)(=O)NC2CCC(C)[N+]([O-])(Cc3ccccc3)C2)cc1. The van der Waals surface area contributed by atoms with Gasteiger partial charge in [0.2, 0.25) is 10.0 Å². The zero-order chi connectivity index (χ0) is 18.8. The standard InChI is InChI=1S/C20H26N2O3S/c1-16-8-12-20(13-9-16)26(24,25)21-19-11-10-17(2)22(23,15-19)14-18-6-4-3-5-7-18/h3-9,12-13,17,19,21H,10-11,14-15H2,1-2H3. The number of piperidine rings is 1. The number of hydrogen-bond donors (Lipinski definition) is 1. The van der Waals surface area contributed by atoms with Gasteiger partial charge < -0.3 is 9.85 Å². The molecule has 26 heavy (non-hydrogen) atoms. The molecule has 1 aliphatic rings. The molecule has 0 amide bonds. The van der Waals surface area contributed by atoms with Gasteiger partial charge in [0.05, 0.1) is 23.5 Å². The van der Waals surface area contributed by atoms with Crippen LogP contribution in [0.25, 0.3) is 0 Å². The lowest BCUT2D eigenvalue weighted by Crippen LogP contribution is -2.59. The van der Waals surface area contributed by atoms with Crippen LogP contribution >= 0.6 is 0 Å². The quantitative estimate of drug-likeness (QED) is 0.645. The average molecular weight is 375 g/mol. The first-order valence-electron chi connectivity index (χ1n) is 8.99. The molecule has 1 heterocycles. The molecule has 0 spiro atoms. The Hall–Kier alpha value is -1.73. The van der Waals surface area contributed by atoms with Crippen molar-refractivity contribution in [2.24, 2.45) is 0 Å². The maximum atomic E-state index is 13.4. The molecule has 2 aromatic carbocycles. The maximum absolute atomic E-state index is 13.4. The fourth-order valence-corrected chi connectivity index (χ4v) is 4.80. The van der Waals surface area contributed by atoms with Crippen LogP contribution in [0.2, 0.25) is 0 Å². The van der Waals surface area contributed by atoms with E-state index in [2.05, 4.69) is 4.72 Å². The molecule has 5 nitrogen and oxygen atoms in total. The van der Waals surface area contributed by atoms with Gasteiger partial charge in [-0.3, -0.25) is 0 Å². The summed E-state index contributed by atoms with van der Waals surface area (Å²) in [5.74, 6) is 0. The fraction of sp³-hybridized carbons (Fsp3) is 0.400. The normalized spacial score (nSPS) is 26.6. The van der Waals surface area contributed by atoms with Gasteiger partial charge >= 0.3 is 0 Å². The summed E-state index contributed by atoms with van der Waals surface area (Å²) in [7, 11) is -3.62. The number of benzene rings is 2. The summed E-state index contributed by atoms with van der Waals surface area (Å²) >= 11 is 0. The van der Waals surface area contributed by atoms with Crippen molar-refractivity contribution < 1.29 is 13.1 Å². The van der Waals surface area contributed by atoms with Gasteiger partial charge in [0.25, 0.3) is 0 Å². The van der Waals surface area contributed by atoms with Crippen LogP contribution in [-0.4, -0.2) is 31.7 Å². The van der Waals surface area contributed by atoms with E-state index in [0.717, 1.165) is 11.1 Å². The highest BCUT2D eigenvalue weighted by Gasteiger charge is 2.36. The van der Waals surface area contributed by atoms with Crippen molar-refractivity contribution in [3.05, 3.63) is 70.9 Å². The van der Waals surface area contributed by atoms with E-state index in [1.165, 1.54) is 0 Å². The van der Waals surface area contributed by atoms with Crippen LogP contribution in [0, 0.1) is 12.1 Å². The van der Waals surface area contributed by atoms with Crippen molar-refractivity contribution in [1.29, 1.82) is 0 Å². The summed E-state index contributed by atoms with van der Waals surface area (Å²) in [6, 6.07) is 16.0. The summed E-state index contributed by atoms with van der Waals surface area (Å²) in [6.45, 7) is 4.49. The molecular weight excluding hydrogens is 348 g/mol. The van der Waals surface area contributed by atoms with Gasteiger partial charge in [0.15, 0.2) is 0 Å². The smallest absolute Gasteiger partial charge is 0.241 e. The Morgan fingerprint density at radius 2 is 1.73 bits per heavy atom. The first kappa shape index (κ1) is 19.0. The summed E-state index contributed by atoms with van der Waals surface area (Å²) in [4.78, 5) is 0.244. The summed E-state index contributed by atoms with van der Waals surface area (Å²) in [5.41, 5.74) is 1.99. The second-order valence-electron chi connectivity index (χ2n) is 7.34. The molecule has 2 aromatic rings. The minimum atomic E-state index is -3.62. The predicted molar refractivity (Wildman–Crippen MR) is 103 cm³/mol. The van der Waals surface area contributed by atoms with E-state index in [1.54, 1.807) is 24.3 Å². The number of hydroxylamine groups is 3. The molecule has 3 unspecified atom stereocenters. The fourth-order valence-electron chi connectivity index (χ4n) is 3.54. The maximum Gasteiger partial charge on any atom is 0.241 e. The van der Waals surface area contributed by atoms with Crippen molar-refractivity contribution >= 4 is 10.0 Å². The minimum absolute atomic E-state index is 0.0460. The van der Waals surface area contributed by atoms with E-state index < -0.39 is 14.7 Å². The molecule has 0 aromatic heterocycles. The van der Waals surface area contributed by atoms with Gasteiger partial charge in [-0.1, -0.05) is 48.0 Å². The number of quaternary nitrogens is 1. The van der Waals surface area contributed by atoms with E-state index in [4.69, 9.17) is 0 Å². The lowest BCUT2D eigenvalue weighted by molar-refractivity contribution is -0.922. The first-order chi connectivity index (χ1) is 12.3. The molecule has 3 rings (SSSR count). The highest BCUT2D eigenvalue weighted by Crippen LogP contribution is 2.28. The summed E-state index contributed by atoms with van der Waals surface area (Å²) in [5, 5.41) is 13.4. The minimum Gasteiger partial charge on any atom is -0.632 e. The average Bonchev–Trinajstić information content (AvgIpc) is 2.59. The number of nitrogens with one attached hydrogen (secondary N) is 1. The van der Waals surface area contributed by atoms with Crippen molar-refractivity contribution in [2.45, 2.75) is 50.2 Å². The molecule has 140 valence electrons. The monoisotopic (exact) mass is 374 g/mol. The summed E-state index contributed by atoms with van der Waals surface area (Å²) < 4.78 is 27.6. The molecule has 1 N–H and O–H groups in total. The molecule has 1 aliphatic heterocycles. The van der Waals surface area contributed by atoms with Crippen LogP contribution in [0.4, 0.5) is 0 Å². The van der Waals surface area contributed by atoms with Crippen LogP contribution in [0.3, 0.4) is 0 Å². The number of rotatable bonds is 5. The number of nitrogens with zero attached hydrogens (tertiary/aromatic N) is 1. The molecule has 1 fully saturated rings. The van der Waals surface area contributed by atoms with Gasteiger partial charge in [0, 0.05) is 12.0 Å². The molecule has 0 radical (unpaired) electrons. The van der Waals surface area contributed by atoms with Crippen molar-refractivity contribution in [3.63, 3.8) is 0 Å². The van der Waals surface area contributed by atoms with Gasteiger partial charge in [0.1, 0.15) is 6.54 Å². The molecule has 3 atom stereocenters. The molecular formula is C20H26N2O3S. The molecule has 1 saturated heterocycles. The zero-order valence-corrected chi connectivity index (χ0v) is 16.1. The van der Waals surface area contributed by atoms with E-state index in [9.17, 15) is 13.6 Å². The number of aryl methyl sites for hydroxylation is 1. The Morgan fingerprint density at radius 3 is 2.38 bits per heavy atom. The highest BCUT2D eigenvalue weighted by atomic mass is 32.2. The number of likely N-dealkylation sites (tertiary alicyclic amines) is 1. The molecule has 0 aliphatic carbocycles. The first-order valence-corrected chi connectivity index (χ1v) is 10.5. The van der Waals surface area contributed by atoms with Gasteiger partial charge in [-0.05, 0) is 32.4 Å². The van der Waals surface area contributed by atoms with E-state index in [1.807, 2.05) is 44.2 Å². The Morgan fingerprint density at radius 1 is 1.08 bits per heavy atom. The molecule has 0 bridgehead atoms. The molecule has 0 saturated carbocycles. The van der Waals surface area contributed by atoms with E-state index in [-0.39, 0.29) is 23.5 Å². The number of hydrogen-bond acceptors (Lipinski definition) is 3. The van der Waals surface area contributed by atoms with Crippen molar-refractivity contribution in [3.8, 4) is 0 Å². The second-order valence-corrected chi connectivity index (χ2v) is 9.05. The predicted octanol–water partition coefficient (Wildman–Crippen LogP) is 3.34. The zero-order valence-electron chi connectivity index (χ0n) is 15.3.